The second-order valence-electron chi connectivity index (χ2n) is 4.60. The smallest absolute Gasteiger partial charge is 0.332 e. The maximum atomic E-state index is 12.0. The summed E-state index contributed by atoms with van der Waals surface area (Å²) in [6.45, 7) is 2.59. The molecule has 0 bridgehead atoms. The number of hydrogen-bond donors (Lipinski definition) is 3. The zero-order valence-corrected chi connectivity index (χ0v) is 11.8. The van der Waals surface area contributed by atoms with E-state index >= 15 is 0 Å². The number of nitrogens with zero attached hydrogens (tertiary/aromatic N) is 3. The molecule has 0 aliphatic carbocycles. The number of rotatable bonds is 6. The lowest BCUT2D eigenvalue weighted by Gasteiger charge is -2.04. The average Bonchev–Trinajstić information content (AvgIpc) is 2.86. The molecule has 0 radical (unpaired) electrons. The van der Waals surface area contributed by atoms with E-state index < -0.39 is 17.2 Å². The van der Waals surface area contributed by atoms with E-state index in [1.165, 1.54) is 11.6 Å². The van der Waals surface area contributed by atoms with Crippen molar-refractivity contribution in [3.05, 3.63) is 20.8 Å². The highest BCUT2D eigenvalue weighted by Crippen LogP contribution is 2.09. The fourth-order valence-electron chi connectivity index (χ4n) is 2.05. The first kappa shape index (κ1) is 14.8. The van der Waals surface area contributed by atoms with Crippen molar-refractivity contribution in [3.8, 4) is 0 Å². The third-order valence-corrected chi connectivity index (χ3v) is 3.15. The Morgan fingerprint density at radius 3 is 2.76 bits per heavy atom. The topological polar surface area (TPSA) is 122 Å². The Morgan fingerprint density at radius 2 is 2.14 bits per heavy atom. The monoisotopic (exact) mass is 295 g/mol. The van der Waals surface area contributed by atoms with Crippen molar-refractivity contribution >= 4 is 23.1 Å². The predicted octanol–water partition coefficient (Wildman–Crippen LogP) is -0.280. The number of carboxylic acids is 1. The molecule has 21 heavy (non-hydrogen) atoms. The van der Waals surface area contributed by atoms with Crippen molar-refractivity contribution in [2.75, 3.05) is 11.9 Å². The first-order chi connectivity index (χ1) is 9.95. The van der Waals surface area contributed by atoms with Crippen molar-refractivity contribution in [1.82, 2.24) is 19.1 Å². The van der Waals surface area contributed by atoms with E-state index in [1.54, 1.807) is 6.92 Å². The molecule has 9 heteroatoms. The van der Waals surface area contributed by atoms with Gasteiger partial charge in [-0.15, -0.1) is 0 Å². The Labute approximate surface area is 119 Å². The molecule has 0 atom stereocenters. The number of carboxylic acid groups (broad SMARTS) is 1. The van der Waals surface area contributed by atoms with Crippen LogP contribution in [0.5, 0.6) is 0 Å². The third kappa shape index (κ3) is 2.81. The predicted molar refractivity (Wildman–Crippen MR) is 76.6 cm³/mol. The number of imidazole rings is 1. The van der Waals surface area contributed by atoms with Gasteiger partial charge in [-0.2, -0.15) is 4.98 Å². The molecule has 2 aromatic heterocycles. The van der Waals surface area contributed by atoms with Gasteiger partial charge in [0.05, 0.1) is 0 Å². The van der Waals surface area contributed by atoms with Gasteiger partial charge < -0.3 is 15.4 Å². The number of aryl methyl sites for hydroxylation is 1. The average molecular weight is 295 g/mol. The zero-order valence-electron chi connectivity index (χ0n) is 11.8. The number of aromatic nitrogens is 4. The molecule has 0 unspecified atom stereocenters. The van der Waals surface area contributed by atoms with Gasteiger partial charge in [0.25, 0.3) is 5.56 Å². The van der Waals surface area contributed by atoms with Crippen LogP contribution in [0.4, 0.5) is 5.95 Å². The summed E-state index contributed by atoms with van der Waals surface area (Å²) in [6.07, 6.45) is 0.486. The van der Waals surface area contributed by atoms with Gasteiger partial charge in [0.1, 0.15) is 0 Å². The van der Waals surface area contributed by atoms with E-state index in [1.807, 2.05) is 0 Å². The molecule has 114 valence electrons. The van der Waals surface area contributed by atoms with E-state index in [9.17, 15) is 14.4 Å². The van der Waals surface area contributed by atoms with Crippen LogP contribution in [0, 0.1) is 0 Å². The van der Waals surface area contributed by atoms with Crippen LogP contribution in [-0.2, 0) is 18.4 Å². The van der Waals surface area contributed by atoms with E-state index in [-0.39, 0.29) is 11.9 Å². The molecule has 0 aromatic carbocycles. The lowest BCUT2D eigenvalue weighted by atomic mass is 10.3. The number of hydrogen-bond acceptors (Lipinski definition) is 5. The summed E-state index contributed by atoms with van der Waals surface area (Å²) >= 11 is 0. The Bertz CT molecular complexity index is 785. The summed E-state index contributed by atoms with van der Waals surface area (Å²) in [4.78, 5) is 41.4. The second kappa shape index (κ2) is 5.81. The molecular formula is C12H17N5O4. The van der Waals surface area contributed by atoms with Crippen LogP contribution >= 0.6 is 0 Å². The van der Waals surface area contributed by atoms with E-state index in [0.29, 0.717) is 31.1 Å². The molecule has 0 saturated heterocycles. The standard InChI is InChI=1S/C12H17N5O4/c1-3-17-9-8(10(20)16(2)12(17)21)14-11(15-9)13-6-4-5-7(18)19/h3-6H2,1-2H3,(H,18,19)(H2,13,14,15). The second-order valence-corrected chi connectivity index (χ2v) is 4.60. The van der Waals surface area contributed by atoms with Crippen molar-refractivity contribution < 1.29 is 9.90 Å². The lowest BCUT2D eigenvalue weighted by Crippen LogP contribution is -2.37. The van der Waals surface area contributed by atoms with Gasteiger partial charge in [0, 0.05) is 26.6 Å². The van der Waals surface area contributed by atoms with E-state index in [0.717, 1.165) is 4.57 Å². The van der Waals surface area contributed by atoms with Gasteiger partial charge in [0.15, 0.2) is 11.2 Å². The number of carbonyl (C=O) groups is 1. The Balaban J connectivity index is 2.33. The van der Waals surface area contributed by atoms with E-state index in [2.05, 4.69) is 15.3 Å². The molecule has 0 saturated carbocycles. The highest BCUT2D eigenvalue weighted by atomic mass is 16.4. The fourth-order valence-corrected chi connectivity index (χ4v) is 2.05. The summed E-state index contributed by atoms with van der Waals surface area (Å²) in [5.41, 5.74) is -0.310. The molecule has 3 N–H and O–H groups in total. The van der Waals surface area contributed by atoms with Crippen LogP contribution in [-0.4, -0.2) is 36.7 Å². The van der Waals surface area contributed by atoms with Gasteiger partial charge in [-0.25, -0.2) is 4.79 Å². The Kier molecular flexibility index (Phi) is 4.10. The molecule has 0 spiro atoms. The summed E-state index contributed by atoms with van der Waals surface area (Å²) in [5.74, 6) is -0.518. The Morgan fingerprint density at radius 1 is 1.43 bits per heavy atom. The van der Waals surface area contributed by atoms with Crippen LogP contribution in [0.1, 0.15) is 19.8 Å². The molecule has 2 heterocycles. The van der Waals surface area contributed by atoms with Crippen molar-refractivity contribution in [2.45, 2.75) is 26.3 Å². The van der Waals surface area contributed by atoms with Crippen LogP contribution in [0.3, 0.4) is 0 Å². The highest BCUT2D eigenvalue weighted by molar-refractivity contribution is 5.72. The lowest BCUT2D eigenvalue weighted by molar-refractivity contribution is -0.137. The normalized spacial score (nSPS) is 11.0. The summed E-state index contributed by atoms with van der Waals surface area (Å²) in [7, 11) is 1.41. The number of anilines is 1. The summed E-state index contributed by atoms with van der Waals surface area (Å²) < 4.78 is 2.42. The number of aliphatic carboxylic acids is 1. The largest absolute Gasteiger partial charge is 0.481 e. The molecule has 0 aliphatic rings. The SMILES string of the molecule is CCn1c(=O)n(C)c(=O)c2[nH]c(NCCCC(=O)O)nc21. The Hall–Kier alpha value is -2.58. The molecule has 9 nitrogen and oxygen atoms in total. The quantitative estimate of drug-likeness (QED) is 0.630. The molecular weight excluding hydrogens is 278 g/mol. The van der Waals surface area contributed by atoms with Gasteiger partial charge in [-0.05, 0) is 13.3 Å². The third-order valence-electron chi connectivity index (χ3n) is 3.15. The molecule has 0 aliphatic heterocycles. The van der Waals surface area contributed by atoms with Crippen LogP contribution in [0.25, 0.3) is 11.2 Å². The molecule has 0 amide bonds. The minimum Gasteiger partial charge on any atom is -0.481 e. The van der Waals surface area contributed by atoms with Gasteiger partial charge in [0.2, 0.25) is 5.95 Å². The number of H-pyrrole nitrogens is 1. The van der Waals surface area contributed by atoms with Gasteiger partial charge in [-0.1, -0.05) is 0 Å². The number of fused-ring (bicyclic) bond motifs is 1. The summed E-state index contributed by atoms with van der Waals surface area (Å²) in [5, 5.41) is 11.5. The van der Waals surface area contributed by atoms with Crippen molar-refractivity contribution in [2.24, 2.45) is 7.05 Å². The molecule has 2 rings (SSSR count). The van der Waals surface area contributed by atoms with Crippen LogP contribution in [0.2, 0.25) is 0 Å². The first-order valence-electron chi connectivity index (χ1n) is 6.61. The van der Waals surface area contributed by atoms with Crippen LogP contribution in [0.15, 0.2) is 9.59 Å². The first-order valence-corrected chi connectivity index (χ1v) is 6.61. The molecule has 2 aromatic rings. The maximum Gasteiger partial charge on any atom is 0.332 e. The molecule has 0 fully saturated rings. The number of nitrogens with one attached hydrogen (secondary N) is 2. The van der Waals surface area contributed by atoms with Crippen LogP contribution < -0.4 is 16.6 Å². The maximum absolute atomic E-state index is 12.0. The zero-order chi connectivity index (χ0) is 15.6. The minimum atomic E-state index is -0.866. The fraction of sp³-hybridized carbons (Fsp3) is 0.500. The number of aromatic amines is 1. The van der Waals surface area contributed by atoms with Gasteiger partial charge in [-0.3, -0.25) is 18.7 Å². The minimum absolute atomic E-state index is 0.0503. The van der Waals surface area contributed by atoms with Crippen molar-refractivity contribution in [1.29, 1.82) is 0 Å². The van der Waals surface area contributed by atoms with Crippen molar-refractivity contribution in [3.63, 3.8) is 0 Å². The van der Waals surface area contributed by atoms with Gasteiger partial charge >= 0.3 is 11.7 Å². The summed E-state index contributed by atoms with van der Waals surface area (Å²) in [6, 6.07) is 0. The highest BCUT2D eigenvalue weighted by Gasteiger charge is 2.14. The van der Waals surface area contributed by atoms with E-state index in [4.69, 9.17) is 5.11 Å².